The summed E-state index contributed by atoms with van der Waals surface area (Å²) in [5.74, 6) is -2.01. The fraction of sp³-hybridized carbons (Fsp3) is 0.133. The van der Waals surface area contributed by atoms with Crippen molar-refractivity contribution in [1.82, 2.24) is 0 Å². The molecule has 2 aromatic carbocycles. The molecule has 0 fully saturated rings. The average Bonchev–Trinajstić information content (AvgIpc) is 2.41. The molecule has 0 saturated carbocycles. The van der Waals surface area contributed by atoms with Crippen LogP contribution in [-0.2, 0) is 6.42 Å². The highest BCUT2D eigenvalue weighted by molar-refractivity contribution is 6.30. The number of rotatable bonds is 5. The fourth-order valence-corrected chi connectivity index (χ4v) is 1.93. The first-order chi connectivity index (χ1) is 9.56. The first-order valence-corrected chi connectivity index (χ1v) is 6.45. The molecule has 0 aliphatic heterocycles. The highest BCUT2D eigenvalue weighted by Crippen LogP contribution is 2.15. The normalized spacial score (nSPS) is 10.3. The van der Waals surface area contributed by atoms with Crippen molar-refractivity contribution in [3.05, 3.63) is 64.4 Å². The number of hydrogen-bond acceptors (Lipinski definition) is 2. The summed E-state index contributed by atoms with van der Waals surface area (Å²) in [5.41, 5.74) is 1.35. The number of anilines is 1. The Balaban J connectivity index is 1.92. The van der Waals surface area contributed by atoms with E-state index in [4.69, 9.17) is 16.7 Å². The van der Waals surface area contributed by atoms with Gasteiger partial charge in [-0.05, 0) is 42.3 Å². The Kier molecular flexibility index (Phi) is 4.58. The lowest BCUT2D eigenvalue weighted by Crippen LogP contribution is -2.06. The number of halogens is 2. The van der Waals surface area contributed by atoms with Crippen molar-refractivity contribution in [3.8, 4) is 0 Å². The minimum Gasteiger partial charge on any atom is -0.478 e. The molecule has 5 heteroatoms. The first-order valence-electron chi connectivity index (χ1n) is 6.07. The van der Waals surface area contributed by atoms with Crippen molar-refractivity contribution in [2.45, 2.75) is 6.42 Å². The average molecular weight is 294 g/mol. The van der Waals surface area contributed by atoms with Gasteiger partial charge in [0.05, 0.1) is 5.56 Å². The largest absolute Gasteiger partial charge is 0.478 e. The fourth-order valence-electron chi connectivity index (χ4n) is 1.80. The lowest BCUT2D eigenvalue weighted by atomic mass is 10.1. The summed E-state index contributed by atoms with van der Waals surface area (Å²) >= 11 is 5.79. The number of benzene rings is 2. The van der Waals surface area contributed by atoms with E-state index in [-0.39, 0.29) is 5.56 Å². The minimum absolute atomic E-state index is 0.326. The monoisotopic (exact) mass is 293 g/mol. The van der Waals surface area contributed by atoms with E-state index in [0.717, 1.165) is 12.0 Å². The van der Waals surface area contributed by atoms with E-state index in [1.54, 1.807) is 6.07 Å². The van der Waals surface area contributed by atoms with Crippen LogP contribution in [0.4, 0.5) is 10.1 Å². The van der Waals surface area contributed by atoms with Crippen LogP contribution < -0.4 is 5.32 Å². The van der Waals surface area contributed by atoms with E-state index in [2.05, 4.69) is 5.32 Å². The molecule has 0 saturated heterocycles. The summed E-state index contributed by atoms with van der Waals surface area (Å²) in [7, 11) is 0. The SMILES string of the molecule is O=C(O)c1ccc(NCCc2ccc(Cl)cc2)cc1F. The molecule has 2 rings (SSSR count). The second-order valence-corrected chi connectivity index (χ2v) is 4.74. The maximum atomic E-state index is 13.5. The molecule has 2 N–H and O–H groups in total. The molecule has 20 heavy (non-hydrogen) atoms. The quantitative estimate of drug-likeness (QED) is 0.881. The van der Waals surface area contributed by atoms with Gasteiger partial charge in [-0.25, -0.2) is 9.18 Å². The number of carboxylic acid groups (broad SMARTS) is 1. The summed E-state index contributed by atoms with van der Waals surface area (Å²) in [6.45, 7) is 0.619. The van der Waals surface area contributed by atoms with Crippen molar-refractivity contribution in [1.29, 1.82) is 0 Å². The second-order valence-electron chi connectivity index (χ2n) is 4.30. The Morgan fingerprint density at radius 1 is 1.20 bits per heavy atom. The van der Waals surface area contributed by atoms with Crippen molar-refractivity contribution in [2.24, 2.45) is 0 Å². The van der Waals surface area contributed by atoms with Crippen LogP contribution in [0.3, 0.4) is 0 Å². The standard InChI is InChI=1S/C15H13ClFNO2/c16-11-3-1-10(2-4-11)7-8-18-12-5-6-13(15(19)20)14(17)9-12/h1-6,9,18H,7-8H2,(H,19,20). The molecule has 2 aromatic rings. The number of nitrogens with one attached hydrogen (secondary N) is 1. The van der Waals surface area contributed by atoms with Crippen LogP contribution in [0.5, 0.6) is 0 Å². The molecule has 0 unspecified atom stereocenters. The second kappa shape index (κ2) is 6.39. The molecule has 0 heterocycles. The Bertz CT molecular complexity index is 614. The molecular formula is C15H13ClFNO2. The third-order valence-electron chi connectivity index (χ3n) is 2.86. The molecule has 0 spiro atoms. The summed E-state index contributed by atoms with van der Waals surface area (Å²) in [5, 5.41) is 12.5. The van der Waals surface area contributed by atoms with Crippen molar-refractivity contribution in [3.63, 3.8) is 0 Å². The van der Waals surface area contributed by atoms with Gasteiger partial charge in [0.15, 0.2) is 0 Å². The Hall–Kier alpha value is -2.07. The van der Waals surface area contributed by atoms with E-state index in [1.807, 2.05) is 24.3 Å². The van der Waals surface area contributed by atoms with Gasteiger partial charge in [0.2, 0.25) is 0 Å². The molecule has 0 amide bonds. The van der Waals surface area contributed by atoms with Gasteiger partial charge >= 0.3 is 5.97 Å². The Labute approximate surface area is 121 Å². The van der Waals surface area contributed by atoms with E-state index in [9.17, 15) is 9.18 Å². The van der Waals surface area contributed by atoms with Gasteiger partial charge in [-0.3, -0.25) is 0 Å². The van der Waals surface area contributed by atoms with Gasteiger partial charge in [0.1, 0.15) is 5.82 Å². The zero-order valence-corrected chi connectivity index (χ0v) is 11.3. The first kappa shape index (κ1) is 14.3. The molecule has 0 radical (unpaired) electrons. The highest BCUT2D eigenvalue weighted by atomic mass is 35.5. The van der Waals surface area contributed by atoms with Gasteiger partial charge in [-0.2, -0.15) is 0 Å². The molecule has 0 atom stereocenters. The molecule has 0 aliphatic rings. The Morgan fingerprint density at radius 2 is 1.90 bits per heavy atom. The van der Waals surface area contributed by atoms with Gasteiger partial charge in [0, 0.05) is 17.3 Å². The number of carbonyl (C=O) groups is 1. The van der Waals surface area contributed by atoms with Crippen molar-refractivity contribution < 1.29 is 14.3 Å². The third-order valence-corrected chi connectivity index (χ3v) is 3.11. The van der Waals surface area contributed by atoms with Crippen LogP contribution in [-0.4, -0.2) is 17.6 Å². The summed E-state index contributed by atoms with van der Waals surface area (Å²) < 4.78 is 13.5. The number of carboxylic acids is 1. The van der Waals surface area contributed by atoms with Crippen LogP contribution in [0.1, 0.15) is 15.9 Å². The number of aromatic carboxylic acids is 1. The maximum absolute atomic E-state index is 13.5. The predicted octanol–water partition coefficient (Wildman–Crippen LogP) is 3.83. The van der Waals surface area contributed by atoms with Gasteiger partial charge in [-0.15, -0.1) is 0 Å². The minimum atomic E-state index is -1.27. The van der Waals surface area contributed by atoms with Crippen LogP contribution in [0.2, 0.25) is 5.02 Å². The summed E-state index contributed by atoms with van der Waals surface area (Å²) in [4.78, 5) is 10.7. The molecular weight excluding hydrogens is 281 g/mol. The summed E-state index contributed by atoms with van der Waals surface area (Å²) in [6.07, 6.45) is 0.763. The topological polar surface area (TPSA) is 49.3 Å². The molecule has 104 valence electrons. The zero-order valence-electron chi connectivity index (χ0n) is 10.6. The highest BCUT2D eigenvalue weighted by Gasteiger charge is 2.09. The lowest BCUT2D eigenvalue weighted by molar-refractivity contribution is 0.0692. The summed E-state index contributed by atoms with van der Waals surface area (Å²) in [6, 6.07) is 11.5. The van der Waals surface area contributed by atoms with E-state index in [1.165, 1.54) is 12.1 Å². The third kappa shape index (κ3) is 3.71. The molecule has 0 aromatic heterocycles. The van der Waals surface area contributed by atoms with Gasteiger partial charge in [0.25, 0.3) is 0 Å². The molecule has 0 aliphatic carbocycles. The zero-order chi connectivity index (χ0) is 14.5. The Morgan fingerprint density at radius 3 is 2.50 bits per heavy atom. The van der Waals surface area contributed by atoms with E-state index >= 15 is 0 Å². The van der Waals surface area contributed by atoms with E-state index in [0.29, 0.717) is 17.3 Å². The smallest absolute Gasteiger partial charge is 0.338 e. The predicted molar refractivity (Wildman–Crippen MR) is 77.0 cm³/mol. The van der Waals surface area contributed by atoms with Crippen molar-refractivity contribution >= 4 is 23.3 Å². The van der Waals surface area contributed by atoms with Crippen LogP contribution in [0, 0.1) is 5.82 Å². The molecule has 0 bridgehead atoms. The van der Waals surface area contributed by atoms with Crippen LogP contribution in [0.25, 0.3) is 0 Å². The van der Waals surface area contributed by atoms with Crippen LogP contribution in [0.15, 0.2) is 42.5 Å². The molecule has 3 nitrogen and oxygen atoms in total. The maximum Gasteiger partial charge on any atom is 0.338 e. The van der Waals surface area contributed by atoms with E-state index < -0.39 is 11.8 Å². The number of hydrogen-bond donors (Lipinski definition) is 2. The van der Waals surface area contributed by atoms with Gasteiger partial charge < -0.3 is 10.4 Å². The van der Waals surface area contributed by atoms with Crippen LogP contribution >= 0.6 is 11.6 Å². The lowest BCUT2D eigenvalue weighted by Gasteiger charge is -2.07. The van der Waals surface area contributed by atoms with Crippen molar-refractivity contribution in [2.75, 3.05) is 11.9 Å². The van der Waals surface area contributed by atoms with Gasteiger partial charge in [-0.1, -0.05) is 23.7 Å².